The Kier molecular flexibility index (Phi) is 1.65. The minimum Gasteiger partial charge on any atom is -0.346 e. The van der Waals surface area contributed by atoms with E-state index in [9.17, 15) is 4.79 Å². The Morgan fingerprint density at radius 3 is 2.38 bits per heavy atom. The monoisotopic (exact) mass is 175 g/mol. The summed E-state index contributed by atoms with van der Waals surface area (Å²) in [5, 5.41) is 2.95. The number of β-lactam (4-membered cyclic amide) rings is 1. The third-order valence-corrected chi connectivity index (χ3v) is 3.02. The van der Waals surface area contributed by atoms with Gasteiger partial charge in [0.1, 0.15) is 0 Å². The molecule has 2 heteroatoms. The van der Waals surface area contributed by atoms with Crippen LogP contribution in [0, 0.1) is 5.92 Å². The standard InChI is InChI=1S/C11H13NO/c1-8-10(13)12-11(8,2)9-6-4-3-5-7-9/h3-8H,1-2H3,(H,12,13). The largest absolute Gasteiger partial charge is 0.346 e. The third-order valence-electron chi connectivity index (χ3n) is 3.02. The van der Waals surface area contributed by atoms with E-state index in [0.29, 0.717) is 0 Å². The van der Waals surface area contributed by atoms with Crippen LogP contribution < -0.4 is 5.32 Å². The molecule has 1 heterocycles. The number of nitrogens with one attached hydrogen (secondary N) is 1. The van der Waals surface area contributed by atoms with Gasteiger partial charge in [-0.25, -0.2) is 0 Å². The molecule has 1 amide bonds. The van der Waals surface area contributed by atoms with Crippen LogP contribution in [0.5, 0.6) is 0 Å². The molecule has 0 radical (unpaired) electrons. The normalized spacial score (nSPS) is 32.2. The summed E-state index contributed by atoms with van der Waals surface area (Å²) >= 11 is 0. The van der Waals surface area contributed by atoms with Gasteiger partial charge in [0.2, 0.25) is 5.91 Å². The number of carbonyl (C=O) groups excluding carboxylic acids is 1. The molecule has 2 nitrogen and oxygen atoms in total. The average Bonchev–Trinajstić information content (AvgIpc) is 2.19. The van der Waals surface area contributed by atoms with Crippen molar-refractivity contribution >= 4 is 5.91 Å². The third kappa shape index (κ3) is 1.05. The first-order chi connectivity index (χ1) is 6.14. The average molecular weight is 175 g/mol. The first-order valence-corrected chi connectivity index (χ1v) is 4.52. The summed E-state index contributed by atoms with van der Waals surface area (Å²) in [4.78, 5) is 11.1. The molecule has 1 saturated heterocycles. The lowest BCUT2D eigenvalue weighted by molar-refractivity contribution is -0.140. The van der Waals surface area contributed by atoms with E-state index in [-0.39, 0.29) is 17.4 Å². The Balaban J connectivity index is 2.33. The van der Waals surface area contributed by atoms with Crippen molar-refractivity contribution in [2.45, 2.75) is 19.4 Å². The maximum Gasteiger partial charge on any atom is 0.226 e. The zero-order valence-corrected chi connectivity index (χ0v) is 7.87. The molecule has 0 spiro atoms. The SMILES string of the molecule is CC1C(=O)NC1(C)c1ccccc1. The Hall–Kier alpha value is -1.31. The van der Waals surface area contributed by atoms with Crippen molar-refractivity contribution in [3.63, 3.8) is 0 Å². The van der Waals surface area contributed by atoms with Gasteiger partial charge in [0.05, 0.1) is 11.5 Å². The Morgan fingerprint density at radius 1 is 1.31 bits per heavy atom. The molecule has 0 aliphatic carbocycles. The van der Waals surface area contributed by atoms with Crippen molar-refractivity contribution in [2.24, 2.45) is 5.92 Å². The van der Waals surface area contributed by atoms with E-state index in [1.807, 2.05) is 25.1 Å². The maximum absolute atomic E-state index is 11.1. The van der Waals surface area contributed by atoms with E-state index >= 15 is 0 Å². The van der Waals surface area contributed by atoms with Gasteiger partial charge < -0.3 is 5.32 Å². The number of carbonyl (C=O) groups is 1. The second-order valence-electron chi connectivity index (χ2n) is 3.78. The van der Waals surface area contributed by atoms with Gasteiger partial charge in [0.25, 0.3) is 0 Å². The fraction of sp³-hybridized carbons (Fsp3) is 0.364. The van der Waals surface area contributed by atoms with Gasteiger partial charge in [-0.15, -0.1) is 0 Å². The van der Waals surface area contributed by atoms with Gasteiger partial charge in [-0.05, 0) is 12.5 Å². The van der Waals surface area contributed by atoms with E-state index in [1.54, 1.807) is 0 Å². The van der Waals surface area contributed by atoms with Crippen LogP contribution in [-0.2, 0) is 10.3 Å². The lowest BCUT2D eigenvalue weighted by Crippen LogP contribution is -2.63. The quantitative estimate of drug-likeness (QED) is 0.646. The minimum absolute atomic E-state index is 0.0786. The van der Waals surface area contributed by atoms with Crippen molar-refractivity contribution in [2.75, 3.05) is 0 Å². The summed E-state index contributed by atoms with van der Waals surface area (Å²) in [5.74, 6) is 0.223. The van der Waals surface area contributed by atoms with Crippen molar-refractivity contribution in [1.29, 1.82) is 0 Å². The molecule has 1 fully saturated rings. The zero-order valence-electron chi connectivity index (χ0n) is 7.87. The molecular formula is C11H13NO. The summed E-state index contributed by atoms with van der Waals surface area (Å²) < 4.78 is 0. The lowest BCUT2D eigenvalue weighted by atomic mass is 9.73. The fourth-order valence-corrected chi connectivity index (χ4v) is 1.76. The molecule has 2 rings (SSSR count). The molecule has 0 saturated carbocycles. The molecule has 2 unspecified atom stereocenters. The van der Waals surface area contributed by atoms with E-state index in [2.05, 4.69) is 24.4 Å². The van der Waals surface area contributed by atoms with Crippen molar-refractivity contribution in [3.05, 3.63) is 35.9 Å². The highest BCUT2D eigenvalue weighted by molar-refractivity contribution is 5.87. The van der Waals surface area contributed by atoms with E-state index < -0.39 is 0 Å². The topological polar surface area (TPSA) is 29.1 Å². The molecule has 1 aromatic carbocycles. The first-order valence-electron chi connectivity index (χ1n) is 4.52. The van der Waals surface area contributed by atoms with Crippen LogP contribution in [0.25, 0.3) is 0 Å². The summed E-state index contributed by atoms with van der Waals surface area (Å²) in [6.45, 7) is 4.03. The highest BCUT2D eigenvalue weighted by atomic mass is 16.2. The van der Waals surface area contributed by atoms with Crippen LogP contribution in [0.2, 0.25) is 0 Å². The summed E-state index contributed by atoms with van der Waals surface area (Å²) in [7, 11) is 0. The van der Waals surface area contributed by atoms with E-state index in [1.165, 1.54) is 5.56 Å². The summed E-state index contributed by atoms with van der Waals surface area (Å²) in [6, 6.07) is 10.1. The highest BCUT2D eigenvalue weighted by Crippen LogP contribution is 2.36. The fourth-order valence-electron chi connectivity index (χ4n) is 1.76. The van der Waals surface area contributed by atoms with Gasteiger partial charge >= 0.3 is 0 Å². The van der Waals surface area contributed by atoms with Crippen LogP contribution in [0.3, 0.4) is 0 Å². The maximum atomic E-state index is 11.1. The molecule has 0 bridgehead atoms. The van der Waals surface area contributed by atoms with Crippen LogP contribution >= 0.6 is 0 Å². The van der Waals surface area contributed by atoms with Gasteiger partial charge in [-0.1, -0.05) is 37.3 Å². The van der Waals surface area contributed by atoms with Gasteiger partial charge in [-0.2, -0.15) is 0 Å². The van der Waals surface area contributed by atoms with Crippen molar-refractivity contribution < 1.29 is 4.79 Å². The van der Waals surface area contributed by atoms with Crippen molar-refractivity contribution in [1.82, 2.24) is 5.32 Å². The predicted molar refractivity (Wildman–Crippen MR) is 51.1 cm³/mol. The molecule has 2 atom stereocenters. The molecule has 1 N–H and O–H groups in total. The van der Waals surface area contributed by atoms with Gasteiger partial charge in [0, 0.05) is 0 Å². The molecule has 68 valence electrons. The minimum atomic E-state index is -0.154. The van der Waals surface area contributed by atoms with E-state index in [0.717, 1.165) is 0 Å². The summed E-state index contributed by atoms with van der Waals surface area (Å²) in [6.07, 6.45) is 0. The summed E-state index contributed by atoms with van der Waals surface area (Å²) in [5.41, 5.74) is 1.03. The Bertz CT molecular complexity index is 333. The van der Waals surface area contributed by atoms with Crippen LogP contribution in [-0.4, -0.2) is 5.91 Å². The van der Waals surface area contributed by atoms with Gasteiger partial charge in [0.15, 0.2) is 0 Å². The molecule has 1 aliphatic rings. The number of hydrogen-bond acceptors (Lipinski definition) is 1. The Labute approximate surface area is 78.0 Å². The van der Waals surface area contributed by atoms with Crippen LogP contribution in [0.15, 0.2) is 30.3 Å². The number of hydrogen-bond donors (Lipinski definition) is 1. The number of benzene rings is 1. The van der Waals surface area contributed by atoms with Crippen molar-refractivity contribution in [3.8, 4) is 0 Å². The lowest BCUT2D eigenvalue weighted by Gasteiger charge is -2.45. The van der Waals surface area contributed by atoms with Gasteiger partial charge in [-0.3, -0.25) is 4.79 Å². The predicted octanol–water partition coefficient (Wildman–Crippen LogP) is 1.67. The second-order valence-corrected chi connectivity index (χ2v) is 3.78. The molecule has 0 aromatic heterocycles. The van der Waals surface area contributed by atoms with Crippen LogP contribution in [0.4, 0.5) is 0 Å². The number of amides is 1. The zero-order chi connectivity index (χ0) is 9.47. The first kappa shape index (κ1) is 8.30. The second kappa shape index (κ2) is 2.59. The smallest absolute Gasteiger partial charge is 0.226 e. The molecule has 1 aliphatic heterocycles. The molecule has 1 aromatic rings. The Morgan fingerprint density at radius 2 is 1.92 bits per heavy atom. The highest BCUT2D eigenvalue weighted by Gasteiger charge is 2.47. The molecular weight excluding hydrogens is 162 g/mol. The number of rotatable bonds is 1. The van der Waals surface area contributed by atoms with Crippen LogP contribution in [0.1, 0.15) is 19.4 Å². The van der Waals surface area contributed by atoms with E-state index in [4.69, 9.17) is 0 Å². The molecule has 13 heavy (non-hydrogen) atoms.